The van der Waals surface area contributed by atoms with Gasteiger partial charge in [0.1, 0.15) is 7.11 Å². The molecule has 0 unspecified atom stereocenters. The molecule has 0 bridgehead atoms. The van der Waals surface area contributed by atoms with E-state index in [-0.39, 0.29) is 0 Å². The number of methoxy groups -OCH3 is 1. The Bertz CT molecular complexity index is 568. The fourth-order valence-electron chi connectivity index (χ4n) is 7.10. The van der Waals surface area contributed by atoms with E-state index in [0.29, 0.717) is 16.9 Å². The zero-order valence-electron chi connectivity index (χ0n) is 15.8. The van der Waals surface area contributed by atoms with Gasteiger partial charge in [0, 0.05) is 7.11 Å². The topological polar surface area (TPSA) is 30.8 Å². The number of nitrogens with zero attached hydrogens (tertiary/aromatic N) is 1. The SMILES string of the molecule is CO/N=C1/C=C2CC[C@H]3[C@@H]4CC[C@H](OC)[C@@]4(C)CC[C@@H]3[C@@]2(C)CC1. The Morgan fingerprint density at radius 3 is 2.58 bits per heavy atom. The zero-order chi connectivity index (χ0) is 16.9. The van der Waals surface area contributed by atoms with Crippen LogP contribution in [0, 0.1) is 28.6 Å². The molecule has 6 atom stereocenters. The largest absolute Gasteiger partial charge is 0.399 e. The minimum absolute atomic E-state index is 0.391. The minimum Gasteiger partial charge on any atom is -0.399 e. The molecule has 0 aliphatic heterocycles. The molecule has 0 radical (unpaired) electrons. The first-order valence-corrected chi connectivity index (χ1v) is 9.87. The summed E-state index contributed by atoms with van der Waals surface area (Å²) in [4.78, 5) is 5.02. The number of rotatable bonds is 2. The van der Waals surface area contributed by atoms with Gasteiger partial charge in [0.05, 0.1) is 11.8 Å². The van der Waals surface area contributed by atoms with E-state index in [4.69, 9.17) is 9.57 Å². The number of allylic oxidation sites excluding steroid dienone is 2. The van der Waals surface area contributed by atoms with Crippen LogP contribution in [-0.2, 0) is 9.57 Å². The molecule has 0 N–H and O–H groups in total. The summed E-state index contributed by atoms with van der Waals surface area (Å²) in [7, 11) is 3.58. The molecule has 134 valence electrons. The second kappa shape index (κ2) is 5.86. The van der Waals surface area contributed by atoms with Crippen LogP contribution in [0.1, 0.15) is 65.2 Å². The maximum absolute atomic E-state index is 5.90. The Balaban J connectivity index is 1.63. The van der Waals surface area contributed by atoms with Crippen molar-refractivity contribution in [2.24, 2.45) is 33.7 Å². The van der Waals surface area contributed by atoms with Crippen molar-refractivity contribution < 1.29 is 9.57 Å². The average Bonchev–Trinajstić information content (AvgIpc) is 2.92. The highest BCUT2D eigenvalue weighted by Gasteiger charge is 2.59. The van der Waals surface area contributed by atoms with Crippen LogP contribution in [0.2, 0.25) is 0 Å². The Kier molecular flexibility index (Phi) is 4.06. The highest BCUT2D eigenvalue weighted by Crippen LogP contribution is 2.65. The number of oxime groups is 1. The van der Waals surface area contributed by atoms with Crippen molar-refractivity contribution in [1.29, 1.82) is 0 Å². The molecule has 0 heterocycles. The van der Waals surface area contributed by atoms with Crippen LogP contribution < -0.4 is 0 Å². The minimum atomic E-state index is 0.391. The van der Waals surface area contributed by atoms with Gasteiger partial charge in [-0.3, -0.25) is 0 Å². The third-order valence-corrected chi connectivity index (χ3v) is 8.38. The molecule has 0 spiro atoms. The molecule has 0 saturated heterocycles. The summed E-state index contributed by atoms with van der Waals surface area (Å²) in [5.74, 6) is 2.62. The van der Waals surface area contributed by atoms with E-state index < -0.39 is 0 Å². The van der Waals surface area contributed by atoms with Gasteiger partial charge in [0.2, 0.25) is 0 Å². The maximum Gasteiger partial charge on any atom is 0.106 e. The van der Waals surface area contributed by atoms with Crippen molar-refractivity contribution >= 4 is 5.71 Å². The molecule has 24 heavy (non-hydrogen) atoms. The number of fused-ring (bicyclic) bond motifs is 5. The highest BCUT2D eigenvalue weighted by molar-refractivity contribution is 5.96. The van der Waals surface area contributed by atoms with E-state index in [1.807, 2.05) is 7.11 Å². The highest BCUT2D eigenvalue weighted by atomic mass is 16.6. The molecule has 0 aromatic heterocycles. The van der Waals surface area contributed by atoms with Crippen LogP contribution >= 0.6 is 0 Å². The third-order valence-electron chi connectivity index (χ3n) is 8.38. The molecule has 0 aromatic rings. The fourth-order valence-corrected chi connectivity index (χ4v) is 7.10. The van der Waals surface area contributed by atoms with Gasteiger partial charge in [-0.1, -0.05) is 24.6 Å². The zero-order valence-corrected chi connectivity index (χ0v) is 15.8. The summed E-state index contributed by atoms with van der Waals surface area (Å²) in [6.07, 6.45) is 13.2. The first-order valence-electron chi connectivity index (χ1n) is 9.87. The summed E-state index contributed by atoms with van der Waals surface area (Å²) in [5, 5.41) is 4.22. The standard InChI is InChI=1S/C21H33NO2/c1-20-11-9-15(22-24-4)13-14(20)5-6-16-17-7-8-19(23-3)21(17,2)12-10-18(16)20/h13,16-19H,5-12H2,1-4H3/b22-15+/t16-,17-,18-,19-,20-,21-/m0/s1. The first-order chi connectivity index (χ1) is 11.5. The van der Waals surface area contributed by atoms with Gasteiger partial charge < -0.3 is 9.57 Å². The molecule has 4 aliphatic rings. The summed E-state index contributed by atoms with van der Waals surface area (Å²) < 4.78 is 5.90. The lowest BCUT2D eigenvalue weighted by Crippen LogP contribution is -2.51. The predicted octanol–water partition coefficient (Wildman–Crippen LogP) is 4.97. The third kappa shape index (κ3) is 2.23. The first kappa shape index (κ1) is 16.6. The van der Waals surface area contributed by atoms with Gasteiger partial charge in [-0.25, -0.2) is 0 Å². The Hall–Kier alpha value is -0.830. The van der Waals surface area contributed by atoms with Gasteiger partial charge in [0.15, 0.2) is 0 Å². The quantitative estimate of drug-likeness (QED) is 0.669. The molecule has 0 aromatic carbocycles. The lowest BCUT2D eigenvalue weighted by molar-refractivity contribution is -0.0834. The number of ether oxygens (including phenoxy) is 1. The van der Waals surface area contributed by atoms with Crippen molar-refractivity contribution in [1.82, 2.24) is 0 Å². The van der Waals surface area contributed by atoms with E-state index in [1.165, 1.54) is 44.9 Å². The Labute approximate surface area is 146 Å². The van der Waals surface area contributed by atoms with Crippen molar-refractivity contribution in [3.63, 3.8) is 0 Å². The van der Waals surface area contributed by atoms with Crippen LogP contribution in [0.4, 0.5) is 0 Å². The van der Waals surface area contributed by atoms with Crippen LogP contribution in [0.3, 0.4) is 0 Å². The average molecular weight is 332 g/mol. The monoisotopic (exact) mass is 331 g/mol. The van der Waals surface area contributed by atoms with Gasteiger partial charge >= 0.3 is 0 Å². The van der Waals surface area contributed by atoms with Crippen molar-refractivity contribution in [2.45, 2.75) is 71.3 Å². The maximum atomic E-state index is 5.90. The normalized spacial score (nSPS) is 49.2. The van der Waals surface area contributed by atoms with Crippen LogP contribution in [0.15, 0.2) is 16.8 Å². The molecule has 4 aliphatic carbocycles. The predicted molar refractivity (Wildman–Crippen MR) is 96.9 cm³/mol. The van der Waals surface area contributed by atoms with Gasteiger partial charge in [0.25, 0.3) is 0 Å². The van der Waals surface area contributed by atoms with Gasteiger partial charge in [-0.05, 0) is 86.0 Å². The van der Waals surface area contributed by atoms with E-state index >= 15 is 0 Å². The van der Waals surface area contributed by atoms with Crippen molar-refractivity contribution in [3.05, 3.63) is 11.6 Å². The second-order valence-electron chi connectivity index (χ2n) is 9.11. The lowest BCUT2D eigenvalue weighted by Gasteiger charge is -2.58. The number of hydrogen-bond acceptors (Lipinski definition) is 3. The fraction of sp³-hybridized carbons (Fsp3) is 0.857. The van der Waals surface area contributed by atoms with E-state index in [1.54, 1.807) is 12.7 Å². The van der Waals surface area contributed by atoms with Crippen molar-refractivity contribution in [2.75, 3.05) is 14.2 Å². The molecular weight excluding hydrogens is 298 g/mol. The molecule has 3 fully saturated rings. The van der Waals surface area contributed by atoms with E-state index in [9.17, 15) is 0 Å². The molecular formula is C21H33NO2. The molecule has 4 rings (SSSR count). The number of hydrogen-bond donors (Lipinski definition) is 0. The van der Waals surface area contributed by atoms with Crippen molar-refractivity contribution in [3.8, 4) is 0 Å². The smallest absolute Gasteiger partial charge is 0.106 e. The van der Waals surface area contributed by atoms with Crippen LogP contribution in [-0.4, -0.2) is 26.0 Å². The molecule has 0 amide bonds. The lowest BCUT2D eigenvalue weighted by atomic mass is 9.47. The van der Waals surface area contributed by atoms with Gasteiger partial charge in [-0.2, -0.15) is 0 Å². The molecule has 3 nitrogen and oxygen atoms in total. The molecule has 3 heteroatoms. The van der Waals surface area contributed by atoms with Crippen LogP contribution in [0.5, 0.6) is 0 Å². The summed E-state index contributed by atoms with van der Waals surface area (Å²) >= 11 is 0. The van der Waals surface area contributed by atoms with E-state index in [2.05, 4.69) is 25.1 Å². The Morgan fingerprint density at radius 2 is 1.83 bits per heavy atom. The Morgan fingerprint density at radius 1 is 1.00 bits per heavy atom. The van der Waals surface area contributed by atoms with Crippen LogP contribution in [0.25, 0.3) is 0 Å². The summed E-state index contributed by atoms with van der Waals surface area (Å²) in [5.41, 5.74) is 3.60. The second-order valence-corrected chi connectivity index (χ2v) is 9.11. The molecule has 3 saturated carbocycles. The van der Waals surface area contributed by atoms with Gasteiger partial charge in [-0.15, -0.1) is 0 Å². The summed E-state index contributed by atoms with van der Waals surface area (Å²) in [6.45, 7) is 5.07. The van der Waals surface area contributed by atoms with E-state index in [0.717, 1.165) is 29.9 Å². The summed E-state index contributed by atoms with van der Waals surface area (Å²) in [6, 6.07) is 0.